The first-order chi connectivity index (χ1) is 12.0. The van der Waals surface area contributed by atoms with Crippen LogP contribution in [0.1, 0.15) is 19.4 Å². The Labute approximate surface area is 148 Å². The minimum absolute atomic E-state index is 0.146. The van der Waals surface area contributed by atoms with Crippen LogP contribution in [0.25, 0.3) is 5.69 Å². The molecule has 1 aromatic heterocycles. The molecular weight excluding hydrogens is 320 g/mol. The van der Waals surface area contributed by atoms with Gasteiger partial charge < -0.3 is 20.5 Å². The van der Waals surface area contributed by atoms with Crippen LogP contribution < -0.4 is 10.6 Å². The molecule has 0 radical (unpaired) electrons. The fourth-order valence-corrected chi connectivity index (χ4v) is 2.13. The predicted molar refractivity (Wildman–Crippen MR) is 95.5 cm³/mol. The van der Waals surface area contributed by atoms with E-state index < -0.39 is 6.10 Å². The molecule has 2 rings (SSSR count). The van der Waals surface area contributed by atoms with Gasteiger partial charge in [0.2, 0.25) is 0 Å². The summed E-state index contributed by atoms with van der Waals surface area (Å²) < 4.78 is 7.09. The topological polar surface area (TPSA) is 88.4 Å². The van der Waals surface area contributed by atoms with E-state index in [0.29, 0.717) is 19.1 Å². The van der Waals surface area contributed by atoms with Crippen LogP contribution in [-0.4, -0.2) is 46.8 Å². The van der Waals surface area contributed by atoms with Crippen LogP contribution in [0.4, 0.5) is 4.79 Å². The van der Waals surface area contributed by atoms with Gasteiger partial charge in [-0.1, -0.05) is 32.0 Å². The summed E-state index contributed by atoms with van der Waals surface area (Å²) in [5.74, 6) is 0.417. The average Bonchev–Trinajstić information content (AvgIpc) is 3.07. The van der Waals surface area contributed by atoms with Crippen LogP contribution in [0.5, 0.6) is 0 Å². The number of para-hydroxylation sites is 1. The lowest BCUT2D eigenvalue weighted by atomic mass is 10.2. The average molecular weight is 346 g/mol. The van der Waals surface area contributed by atoms with Gasteiger partial charge in [0.25, 0.3) is 0 Å². The maximum atomic E-state index is 11.8. The second-order valence-corrected chi connectivity index (χ2v) is 6.28. The highest BCUT2D eigenvalue weighted by atomic mass is 16.5. The number of hydrogen-bond donors (Lipinski definition) is 3. The van der Waals surface area contributed by atoms with Crippen LogP contribution in [0.2, 0.25) is 0 Å². The molecule has 1 heterocycles. The number of aliphatic hydroxyl groups is 1. The largest absolute Gasteiger partial charge is 0.389 e. The Kier molecular flexibility index (Phi) is 7.43. The van der Waals surface area contributed by atoms with Crippen molar-refractivity contribution in [1.82, 2.24) is 20.4 Å². The minimum Gasteiger partial charge on any atom is -0.389 e. The Hall–Kier alpha value is -2.38. The summed E-state index contributed by atoms with van der Waals surface area (Å²) in [4.78, 5) is 11.8. The molecule has 2 amide bonds. The van der Waals surface area contributed by atoms with Gasteiger partial charge in [0.05, 0.1) is 24.6 Å². The van der Waals surface area contributed by atoms with Crippen molar-refractivity contribution in [2.24, 2.45) is 5.92 Å². The van der Waals surface area contributed by atoms with Crippen LogP contribution in [0.15, 0.2) is 42.7 Å². The first kappa shape index (κ1) is 19.0. The number of amides is 2. The lowest BCUT2D eigenvalue weighted by molar-refractivity contribution is 0.0272. The molecule has 0 aliphatic rings. The number of urea groups is 1. The number of benzene rings is 1. The molecule has 136 valence electrons. The summed E-state index contributed by atoms with van der Waals surface area (Å²) in [6.45, 7) is 5.39. The zero-order valence-electron chi connectivity index (χ0n) is 14.7. The van der Waals surface area contributed by atoms with Crippen molar-refractivity contribution in [3.63, 3.8) is 0 Å². The maximum absolute atomic E-state index is 11.8. The van der Waals surface area contributed by atoms with E-state index >= 15 is 0 Å². The molecule has 2 aromatic rings. The number of aromatic nitrogens is 2. The Morgan fingerprint density at radius 3 is 2.72 bits per heavy atom. The van der Waals surface area contributed by atoms with E-state index in [2.05, 4.69) is 15.7 Å². The number of carbonyl (C=O) groups excluding carboxylic acids is 1. The first-order valence-electron chi connectivity index (χ1n) is 8.41. The third-order valence-corrected chi connectivity index (χ3v) is 3.37. The van der Waals surface area contributed by atoms with Crippen molar-refractivity contribution >= 4 is 6.03 Å². The molecule has 3 N–H and O–H groups in total. The molecular formula is C18H26N4O3. The predicted octanol–water partition coefficient (Wildman–Crippen LogP) is 1.70. The summed E-state index contributed by atoms with van der Waals surface area (Å²) in [5.41, 5.74) is 1.85. The molecule has 7 heteroatoms. The van der Waals surface area contributed by atoms with E-state index in [4.69, 9.17) is 4.74 Å². The molecule has 25 heavy (non-hydrogen) atoms. The highest BCUT2D eigenvalue weighted by molar-refractivity contribution is 5.73. The molecule has 0 bridgehead atoms. The van der Waals surface area contributed by atoms with Gasteiger partial charge in [-0.2, -0.15) is 5.10 Å². The zero-order valence-corrected chi connectivity index (χ0v) is 14.7. The smallest absolute Gasteiger partial charge is 0.315 e. The highest BCUT2D eigenvalue weighted by Gasteiger charge is 2.08. The Bertz CT molecular complexity index is 643. The number of nitrogens with one attached hydrogen (secondary N) is 2. The van der Waals surface area contributed by atoms with E-state index in [1.165, 1.54) is 0 Å². The monoisotopic (exact) mass is 346 g/mol. The van der Waals surface area contributed by atoms with E-state index in [1.807, 2.05) is 50.4 Å². The van der Waals surface area contributed by atoms with Gasteiger partial charge in [-0.3, -0.25) is 0 Å². The van der Waals surface area contributed by atoms with Crippen molar-refractivity contribution in [3.8, 4) is 5.69 Å². The van der Waals surface area contributed by atoms with Gasteiger partial charge in [-0.25, -0.2) is 9.48 Å². The van der Waals surface area contributed by atoms with Crippen molar-refractivity contribution < 1.29 is 14.6 Å². The first-order valence-corrected chi connectivity index (χ1v) is 8.41. The molecule has 1 aromatic carbocycles. The van der Waals surface area contributed by atoms with Crippen molar-refractivity contribution in [1.29, 1.82) is 0 Å². The summed E-state index contributed by atoms with van der Waals surface area (Å²) in [6, 6.07) is 9.41. The second kappa shape index (κ2) is 9.80. The molecule has 0 fully saturated rings. The van der Waals surface area contributed by atoms with E-state index in [-0.39, 0.29) is 19.2 Å². The second-order valence-electron chi connectivity index (χ2n) is 6.28. The molecule has 1 atom stereocenters. The molecule has 7 nitrogen and oxygen atoms in total. The van der Waals surface area contributed by atoms with Gasteiger partial charge in [0.1, 0.15) is 0 Å². The maximum Gasteiger partial charge on any atom is 0.315 e. The quantitative estimate of drug-likeness (QED) is 0.645. The lowest BCUT2D eigenvalue weighted by Crippen LogP contribution is -2.40. The Morgan fingerprint density at radius 1 is 1.24 bits per heavy atom. The number of hydrogen-bond acceptors (Lipinski definition) is 4. The molecule has 0 aliphatic heterocycles. The SMILES string of the molecule is CC(C)COC[C@@H](O)CNC(=O)NCc1cnn(-c2ccccc2)c1. The van der Waals surface area contributed by atoms with Crippen LogP contribution in [-0.2, 0) is 11.3 Å². The van der Waals surface area contributed by atoms with Crippen molar-refractivity contribution in [2.45, 2.75) is 26.5 Å². The fraction of sp³-hybridized carbons (Fsp3) is 0.444. The van der Waals surface area contributed by atoms with Gasteiger partial charge in [-0.05, 0) is 18.1 Å². The highest BCUT2D eigenvalue weighted by Crippen LogP contribution is 2.07. The number of ether oxygens (including phenoxy) is 1. The standard InChI is InChI=1S/C18H26N4O3/c1-14(2)12-25-13-17(23)10-20-18(24)19-8-15-9-21-22(11-15)16-6-4-3-5-7-16/h3-7,9,11,14,17,23H,8,10,12-13H2,1-2H3,(H2,19,20,24)/t17-/m0/s1. The molecule has 0 unspecified atom stereocenters. The van der Waals surface area contributed by atoms with Gasteiger partial charge >= 0.3 is 6.03 Å². The van der Waals surface area contributed by atoms with Crippen molar-refractivity contribution in [3.05, 3.63) is 48.3 Å². The summed E-state index contributed by atoms with van der Waals surface area (Å²) in [5, 5.41) is 19.4. The van der Waals surface area contributed by atoms with Gasteiger partial charge in [0, 0.05) is 31.5 Å². The lowest BCUT2D eigenvalue weighted by Gasteiger charge is -2.13. The van der Waals surface area contributed by atoms with Crippen LogP contribution in [0, 0.1) is 5.92 Å². The normalized spacial score (nSPS) is 12.2. The Balaban J connectivity index is 1.67. The van der Waals surface area contributed by atoms with Crippen LogP contribution >= 0.6 is 0 Å². The van der Waals surface area contributed by atoms with Gasteiger partial charge in [-0.15, -0.1) is 0 Å². The summed E-state index contributed by atoms with van der Waals surface area (Å²) in [7, 11) is 0. The van der Waals surface area contributed by atoms with E-state index in [9.17, 15) is 9.90 Å². The number of nitrogens with zero attached hydrogens (tertiary/aromatic N) is 2. The third kappa shape index (κ3) is 6.94. The van der Waals surface area contributed by atoms with Crippen molar-refractivity contribution in [2.75, 3.05) is 19.8 Å². The zero-order chi connectivity index (χ0) is 18.1. The summed E-state index contributed by atoms with van der Waals surface area (Å²) >= 11 is 0. The van der Waals surface area contributed by atoms with Crippen LogP contribution in [0.3, 0.4) is 0 Å². The molecule has 0 aliphatic carbocycles. The minimum atomic E-state index is -0.717. The van der Waals surface area contributed by atoms with E-state index in [0.717, 1.165) is 11.3 Å². The Morgan fingerprint density at radius 2 is 2.00 bits per heavy atom. The number of carbonyl (C=O) groups is 1. The molecule has 0 spiro atoms. The number of aliphatic hydroxyl groups excluding tert-OH is 1. The molecule has 0 saturated heterocycles. The summed E-state index contributed by atoms with van der Waals surface area (Å²) in [6.07, 6.45) is 2.86. The van der Waals surface area contributed by atoms with E-state index in [1.54, 1.807) is 10.9 Å². The molecule has 0 saturated carbocycles. The number of rotatable bonds is 9. The third-order valence-electron chi connectivity index (χ3n) is 3.37. The van der Waals surface area contributed by atoms with Gasteiger partial charge in [0.15, 0.2) is 0 Å². The fourth-order valence-electron chi connectivity index (χ4n) is 2.13.